The highest BCUT2D eigenvalue weighted by Gasteiger charge is 2.22. The number of amides is 1. The van der Waals surface area contributed by atoms with E-state index in [-0.39, 0.29) is 18.1 Å². The lowest BCUT2D eigenvalue weighted by molar-refractivity contribution is -0.132. The van der Waals surface area contributed by atoms with Crippen molar-refractivity contribution in [3.8, 4) is 5.75 Å². The molecule has 25 heavy (non-hydrogen) atoms. The lowest BCUT2D eigenvalue weighted by Crippen LogP contribution is -2.48. The molecular weight excluding hydrogens is 341 g/mol. The van der Waals surface area contributed by atoms with Gasteiger partial charge in [0.15, 0.2) is 11.6 Å². The van der Waals surface area contributed by atoms with Gasteiger partial charge in [-0.05, 0) is 24.6 Å². The molecule has 1 aromatic heterocycles. The second-order valence-corrected chi connectivity index (χ2v) is 7.22. The number of carbonyl (C=O) groups excluding carboxylic acids is 1. The first kappa shape index (κ1) is 17.8. The highest BCUT2D eigenvalue weighted by atomic mass is 32.1. The molecule has 0 aliphatic carbocycles. The molecule has 5 nitrogen and oxygen atoms in total. The fourth-order valence-corrected chi connectivity index (χ4v) is 3.58. The summed E-state index contributed by atoms with van der Waals surface area (Å²) in [6, 6.07) is 4.67. The number of aromatic nitrogens is 1. The van der Waals surface area contributed by atoms with E-state index >= 15 is 0 Å². The second kappa shape index (κ2) is 7.93. The summed E-state index contributed by atoms with van der Waals surface area (Å²) in [6.45, 7) is 5.89. The monoisotopic (exact) mass is 363 g/mol. The molecule has 0 N–H and O–H groups in total. The Morgan fingerprint density at radius 1 is 1.32 bits per heavy atom. The number of ether oxygens (including phenoxy) is 1. The number of rotatable bonds is 5. The average Bonchev–Trinajstić information content (AvgIpc) is 3.00. The summed E-state index contributed by atoms with van der Waals surface area (Å²) in [7, 11) is 1.43. The average molecular weight is 363 g/mol. The smallest absolute Gasteiger partial charge is 0.227 e. The van der Waals surface area contributed by atoms with E-state index in [1.54, 1.807) is 23.5 Å². The number of nitrogens with zero attached hydrogens (tertiary/aromatic N) is 3. The zero-order valence-electron chi connectivity index (χ0n) is 14.5. The van der Waals surface area contributed by atoms with Crippen molar-refractivity contribution in [1.29, 1.82) is 0 Å². The van der Waals surface area contributed by atoms with E-state index < -0.39 is 5.82 Å². The summed E-state index contributed by atoms with van der Waals surface area (Å²) in [5.74, 6) is -0.202. The van der Waals surface area contributed by atoms with Crippen LogP contribution < -0.4 is 4.74 Å². The molecular formula is C18H22FN3O2S. The van der Waals surface area contributed by atoms with Crippen molar-refractivity contribution in [2.45, 2.75) is 19.9 Å². The number of piperazine rings is 1. The first-order chi connectivity index (χ1) is 12.0. The predicted molar refractivity (Wildman–Crippen MR) is 95.4 cm³/mol. The number of thiazole rings is 1. The summed E-state index contributed by atoms with van der Waals surface area (Å²) < 4.78 is 18.6. The number of hydrogen-bond acceptors (Lipinski definition) is 5. The Kier molecular flexibility index (Phi) is 5.65. The third kappa shape index (κ3) is 4.55. The van der Waals surface area contributed by atoms with Gasteiger partial charge in [-0.2, -0.15) is 0 Å². The van der Waals surface area contributed by atoms with E-state index in [0.29, 0.717) is 18.7 Å². The number of halogens is 1. The SMILES string of the molecule is COc1ccc(CC(=O)N2CCN(Cc3csc(C)n3)CC2)cc1F. The molecule has 2 aromatic rings. The summed E-state index contributed by atoms with van der Waals surface area (Å²) in [6.07, 6.45) is 0.214. The van der Waals surface area contributed by atoms with Gasteiger partial charge in [-0.25, -0.2) is 9.37 Å². The van der Waals surface area contributed by atoms with E-state index in [4.69, 9.17) is 4.74 Å². The van der Waals surface area contributed by atoms with Crippen molar-refractivity contribution < 1.29 is 13.9 Å². The van der Waals surface area contributed by atoms with Gasteiger partial charge in [0.25, 0.3) is 0 Å². The van der Waals surface area contributed by atoms with Crippen LogP contribution in [0.2, 0.25) is 0 Å². The second-order valence-electron chi connectivity index (χ2n) is 6.16. The molecule has 1 aliphatic heterocycles. The highest BCUT2D eigenvalue weighted by Crippen LogP contribution is 2.19. The maximum Gasteiger partial charge on any atom is 0.227 e. The standard InChI is InChI=1S/C18H22FN3O2S/c1-13-20-15(12-25-13)11-21-5-7-22(8-6-21)18(23)10-14-3-4-17(24-2)16(19)9-14/h3-4,9,12H,5-8,10-11H2,1-2H3. The van der Waals surface area contributed by atoms with Gasteiger partial charge in [-0.1, -0.05) is 6.07 Å². The van der Waals surface area contributed by atoms with Gasteiger partial charge in [0.2, 0.25) is 5.91 Å². The molecule has 1 saturated heterocycles. The molecule has 0 spiro atoms. The first-order valence-corrected chi connectivity index (χ1v) is 9.16. The minimum atomic E-state index is -0.434. The predicted octanol–water partition coefficient (Wildman–Crippen LogP) is 2.49. The minimum absolute atomic E-state index is 0.0359. The molecule has 134 valence electrons. The first-order valence-electron chi connectivity index (χ1n) is 8.28. The Hall–Kier alpha value is -1.99. The molecule has 0 atom stereocenters. The van der Waals surface area contributed by atoms with Gasteiger partial charge >= 0.3 is 0 Å². The summed E-state index contributed by atoms with van der Waals surface area (Å²) in [5, 5.41) is 3.17. The number of hydrogen-bond donors (Lipinski definition) is 0. The molecule has 1 amide bonds. The van der Waals surface area contributed by atoms with Crippen LogP contribution in [0.25, 0.3) is 0 Å². The van der Waals surface area contributed by atoms with Crippen molar-refractivity contribution in [3.05, 3.63) is 45.7 Å². The van der Waals surface area contributed by atoms with Crippen molar-refractivity contribution in [1.82, 2.24) is 14.8 Å². The lowest BCUT2D eigenvalue weighted by atomic mass is 10.1. The highest BCUT2D eigenvalue weighted by molar-refractivity contribution is 7.09. The van der Waals surface area contributed by atoms with Gasteiger partial charge < -0.3 is 9.64 Å². The number of aryl methyl sites for hydroxylation is 1. The van der Waals surface area contributed by atoms with Crippen LogP contribution in [0.4, 0.5) is 4.39 Å². The molecule has 1 aliphatic rings. The minimum Gasteiger partial charge on any atom is -0.494 e. The number of methoxy groups -OCH3 is 1. The Bertz CT molecular complexity index is 742. The molecule has 2 heterocycles. The Balaban J connectivity index is 1.50. The molecule has 7 heteroatoms. The van der Waals surface area contributed by atoms with Crippen molar-refractivity contribution >= 4 is 17.2 Å². The maximum absolute atomic E-state index is 13.7. The van der Waals surface area contributed by atoms with Gasteiger partial charge in [0.1, 0.15) is 0 Å². The van der Waals surface area contributed by atoms with E-state index in [0.717, 1.165) is 30.3 Å². The number of carbonyl (C=O) groups is 1. The summed E-state index contributed by atoms with van der Waals surface area (Å²) in [4.78, 5) is 21.1. The fourth-order valence-electron chi connectivity index (χ4n) is 2.97. The Morgan fingerprint density at radius 2 is 2.08 bits per heavy atom. The normalized spacial score (nSPS) is 15.4. The van der Waals surface area contributed by atoms with Gasteiger partial charge in [-0.3, -0.25) is 9.69 Å². The Labute approximate surface area is 151 Å². The molecule has 0 unspecified atom stereocenters. The van der Waals surface area contributed by atoms with Crippen LogP contribution in [0.5, 0.6) is 5.75 Å². The van der Waals surface area contributed by atoms with Crippen molar-refractivity contribution in [2.24, 2.45) is 0 Å². The third-order valence-electron chi connectivity index (χ3n) is 4.35. The van der Waals surface area contributed by atoms with E-state index in [2.05, 4.69) is 15.3 Å². The molecule has 1 aromatic carbocycles. The van der Waals surface area contributed by atoms with E-state index in [1.807, 2.05) is 11.8 Å². The van der Waals surface area contributed by atoms with E-state index in [1.165, 1.54) is 13.2 Å². The zero-order valence-corrected chi connectivity index (χ0v) is 15.3. The maximum atomic E-state index is 13.7. The van der Waals surface area contributed by atoms with Crippen LogP contribution >= 0.6 is 11.3 Å². The molecule has 0 saturated carbocycles. The van der Waals surface area contributed by atoms with Gasteiger partial charge in [0, 0.05) is 38.1 Å². The van der Waals surface area contributed by atoms with Gasteiger partial charge in [0.05, 0.1) is 24.2 Å². The third-order valence-corrected chi connectivity index (χ3v) is 5.17. The molecule has 3 rings (SSSR count). The van der Waals surface area contributed by atoms with Crippen LogP contribution in [0.1, 0.15) is 16.3 Å². The lowest BCUT2D eigenvalue weighted by Gasteiger charge is -2.34. The van der Waals surface area contributed by atoms with Crippen LogP contribution in [0.15, 0.2) is 23.6 Å². The van der Waals surface area contributed by atoms with Crippen LogP contribution in [-0.2, 0) is 17.8 Å². The van der Waals surface area contributed by atoms with Crippen LogP contribution in [-0.4, -0.2) is 54.0 Å². The molecule has 0 bridgehead atoms. The fraction of sp³-hybridized carbons (Fsp3) is 0.444. The van der Waals surface area contributed by atoms with Crippen molar-refractivity contribution in [3.63, 3.8) is 0 Å². The van der Waals surface area contributed by atoms with Crippen LogP contribution in [0, 0.1) is 12.7 Å². The van der Waals surface area contributed by atoms with Crippen molar-refractivity contribution in [2.75, 3.05) is 33.3 Å². The van der Waals surface area contributed by atoms with E-state index in [9.17, 15) is 9.18 Å². The summed E-state index contributed by atoms with van der Waals surface area (Å²) >= 11 is 1.66. The number of benzene rings is 1. The van der Waals surface area contributed by atoms with Gasteiger partial charge in [-0.15, -0.1) is 11.3 Å². The van der Waals surface area contributed by atoms with Crippen LogP contribution in [0.3, 0.4) is 0 Å². The molecule has 1 fully saturated rings. The zero-order chi connectivity index (χ0) is 17.8. The summed E-state index contributed by atoms with van der Waals surface area (Å²) in [5.41, 5.74) is 1.76. The Morgan fingerprint density at radius 3 is 2.68 bits per heavy atom. The topological polar surface area (TPSA) is 45.7 Å². The quantitative estimate of drug-likeness (QED) is 0.819. The largest absolute Gasteiger partial charge is 0.494 e. The molecule has 0 radical (unpaired) electrons.